The molecule has 2 aromatic carbocycles. The maximum atomic E-state index is 13.0. The topological polar surface area (TPSA) is 84.0 Å². The van der Waals surface area contributed by atoms with E-state index in [2.05, 4.69) is 6.92 Å². The van der Waals surface area contributed by atoms with E-state index in [0.29, 0.717) is 22.9 Å². The number of para-hydroxylation sites is 1. The molecule has 1 saturated carbocycles. The van der Waals surface area contributed by atoms with E-state index >= 15 is 0 Å². The third kappa shape index (κ3) is 3.89. The number of hydrogen-bond acceptors (Lipinski definition) is 5. The first kappa shape index (κ1) is 22.3. The Labute approximate surface area is 198 Å². The minimum atomic E-state index is -0.556. The van der Waals surface area contributed by atoms with Crippen LogP contribution in [0, 0.1) is 30.6 Å². The first-order chi connectivity index (χ1) is 16.3. The average molecular weight is 461 g/mol. The van der Waals surface area contributed by atoms with Crippen LogP contribution in [0.15, 0.2) is 48.5 Å². The van der Waals surface area contributed by atoms with Crippen molar-refractivity contribution in [2.24, 2.45) is 23.7 Å². The van der Waals surface area contributed by atoms with E-state index in [0.717, 1.165) is 24.9 Å². The van der Waals surface area contributed by atoms with Crippen LogP contribution in [0.4, 0.5) is 11.4 Å². The molecule has 4 atom stereocenters. The Bertz CT molecular complexity index is 1160. The number of carbonyl (C=O) groups is 4. The van der Waals surface area contributed by atoms with E-state index in [1.54, 1.807) is 30.0 Å². The molecule has 34 heavy (non-hydrogen) atoms. The molecule has 0 N–H and O–H groups in total. The largest absolute Gasteiger partial charge is 0.426 e. The second kappa shape index (κ2) is 8.70. The number of aryl methyl sites for hydroxylation is 1. The van der Waals surface area contributed by atoms with Crippen molar-refractivity contribution < 1.29 is 23.9 Å². The van der Waals surface area contributed by atoms with E-state index in [-0.39, 0.29) is 42.5 Å². The van der Waals surface area contributed by atoms with Crippen molar-refractivity contribution in [2.45, 2.75) is 39.5 Å². The van der Waals surface area contributed by atoms with Crippen LogP contribution >= 0.6 is 0 Å². The van der Waals surface area contributed by atoms with Crippen molar-refractivity contribution in [3.63, 3.8) is 0 Å². The monoisotopic (exact) mass is 460 g/mol. The first-order valence-electron chi connectivity index (χ1n) is 11.9. The molecule has 1 aliphatic carbocycles. The fourth-order valence-electron chi connectivity index (χ4n) is 5.49. The van der Waals surface area contributed by atoms with Crippen LogP contribution in [0.25, 0.3) is 0 Å². The number of carbonyl (C=O) groups excluding carboxylic acids is 4. The molecule has 3 aliphatic rings. The zero-order valence-electron chi connectivity index (χ0n) is 19.4. The molecule has 0 radical (unpaired) electrons. The second-order valence-electron chi connectivity index (χ2n) is 9.75. The van der Waals surface area contributed by atoms with Crippen LogP contribution < -0.4 is 14.5 Å². The molecule has 7 heteroatoms. The molecule has 0 unspecified atom stereocenters. The number of ether oxygens (including phenoxy) is 1. The molecule has 5 rings (SSSR count). The highest BCUT2D eigenvalue weighted by Crippen LogP contribution is 2.43. The number of esters is 1. The molecular formula is C27H28N2O5. The van der Waals surface area contributed by atoms with Gasteiger partial charge in [-0.3, -0.25) is 19.2 Å². The third-order valence-electron chi connectivity index (χ3n) is 7.34. The fraction of sp³-hybridized carbons (Fsp3) is 0.407. The Kier molecular flexibility index (Phi) is 5.71. The van der Waals surface area contributed by atoms with Crippen LogP contribution in [0.3, 0.4) is 0 Å². The number of imide groups is 1. The normalized spacial score (nSPS) is 26.7. The molecule has 2 heterocycles. The second-order valence-corrected chi connectivity index (χ2v) is 9.75. The highest BCUT2D eigenvalue weighted by Gasteiger charge is 2.50. The molecule has 7 nitrogen and oxygen atoms in total. The van der Waals surface area contributed by atoms with Gasteiger partial charge < -0.3 is 9.64 Å². The van der Waals surface area contributed by atoms with Crippen molar-refractivity contribution in [1.82, 2.24) is 0 Å². The maximum absolute atomic E-state index is 13.0. The molecule has 0 aromatic heterocycles. The number of nitrogens with zero attached hydrogens (tertiary/aromatic N) is 2. The van der Waals surface area contributed by atoms with Gasteiger partial charge in [-0.15, -0.1) is 0 Å². The highest BCUT2D eigenvalue weighted by atomic mass is 16.5. The van der Waals surface area contributed by atoms with E-state index in [1.165, 1.54) is 4.90 Å². The van der Waals surface area contributed by atoms with Crippen LogP contribution in [0.1, 0.15) is 38.2 Å². The van der Waals surface area contributed by atoms with Crippen LogP contribution in [0.5, 0.6) is 5.75 Å². The maximum Gasteiger partial charge on any atom is 0.316 e. The molecule has 2 saturated heterocycles. The minimum absolute atomic E-state index is 0.1000. The number of anilines is 2. The Hall–Kier alpha value is -3.48. The first-order valence-corrected chi connectivity index (χ1v) is 11.9. The van der Waals surface area contributed by atoms with Gasteiger partial charge in [0, 0.05) is 18.7 Å². The van der Waals surface area contributed by atoms with Crippen LogP contribution in [-0.2, 0) is 19.2 Å². The zero-order valence-corrected chi connectivity index (χ0v) is 19.4. The van der Waals surface area contributed by atoms with Gasteiger partial charge in [0.05, 0.1) is 23.4 Å². The third-order valence-corrected chi connectivity index (χ3v) is 7.34. The van der Waals surface area contributed by atoms with Gasteiger partial charge in [0.2, 0.25) is 17.7 Å². The molecule has 3 fully saturated rings. The SMILES string of the molecule is Cc1cc(OC(=O)[C@@H]2CC(=O)N(c3ccccc3)C2)ccc1N1C(=O)[C@H]2C[C@H](C)CC[C@H]2C1=O. The molecule has 0 spiro atoms. The number of hydrogen-bond donors (Lipinski definition) is 0. The predicted molar refractivity (Wildman–Crippen MR) is 126 cm³/mol. The quantitative estimate of drug-likeness (QED) is 0.393. The van der Waals surface area contributed by atoms with Gasteiger partial charge in [-0.25, -0.2) is 4.90 Å². The van der Waals surface area contributed by atoms with Gasteiger partial charge in [-0.05, 0) is 68.0 Å². The number of fused-ring (bicyclic) bond motifs is 1. The van der Waals surface area contributed by atoms with Crippen molar-refractivity contribution in [2.75, 3.05) is 16.3 Å². The predicted octanol–water partition coefficient (Wildman–Crippen LogP) is 3.88. The van der Waals surface area contributed by atoms with Crippen molar-refractivity contribution in [3.8, 4) is 5.75 Å². The lowest BCUT2D eigenvalue weighted by Gasteiger charge is -2.25. The van der Waals surface area contributed by atoms with Gasteiger partial charge >= 0.3 is 5.97 Å². The fourth-order valence-corrected chi connectivity index (χ4v) is 5.49. The Morgan fingerprint density at radius 2 is 1.71 bits per heavy atom. The molecular weight excluding hydrogens is 432 g/mol. The lowest BCUT2D eigenvalue weighted by Crippen LogP contribution is -2.31. The number of amides is 3. The summed E-state index contributed by atoms with van der Waals surface area (Å²) >= 11 is 0. The lowest BCUT2D eigenvalue weighted by atomic mass is 9.76. The number of benzene rings is 2. The molecule has 176 valence electrons. The Morgan fingerprint density at radius 1 is 0.971 bits per heavy atom. The smallest absolute Gasteiger partial charge is 0.316 e. The average Bonchev–Trinajstić information content (AvgIpc) is 3.32. The van der Waals surface area contributed by atoms with Crippen LogP contribution in [-0.4, -0.2) is 30.2 Å². The number of rotatable bonds is 4. The van der Waals surface area contributed by atoms with Gasteiger partial charge in [-0.2, -0.15) is 0 Å². The van der Waals surface area contributed by atoms with E-state index in [1.807, 2.05) is 30.3 Å². The summed E-state index contributed by atoms with van der Waals surface area (Å²) in [6.07, 6.45) is 2.57. The standard InChI is InChI=1S/C27H28N2O5/c1-16-8-10-21-22(12-16)26(32)29(25(21)31)23-11-9-20(13-17(23)2)34-27(33)18-14-24(30)28(15-18)19-6-4-3-5-7-19/h3-7,9,11,13,16,18,21-22H,8,10,12,14-15H2,1-2H3/t16-,18-,21-,22+/m1/s1. The van der Waals surface area contributed by atoms with E-state index < -0.39 is 11.9 Å². The summed E-state index contributed by atoms with van der Waals surface area (Å²) in [5.74, 6) is -1.06. The Balaban J connectivity index is 1.28. The molecule has 0 bridgehead atoms. The summed E-state index contributed by atoms with van der Waals surface area (Å²) in [7, 11) is 0. The van der Waals surface area contributed by atoms with Gasteiger partial charge in [0.15, 0.2) is 0 Å². The highest BCUT2D eigenvalue weighted by molar-refractivity contribution is 6.22. The molecule has 2 aromatic rings. The van der Waals surface area contributed by atoms with E-state index in [4.69, 9.17) is 4.74 Å². The summed E-state index contributed by atoms with van der Waals surface area (Å²) in [5.41, 5.74) is 1.99. The van der Waals surface area contributed by atoms with Crippen molar-refractivity contribution in [3.05, 3.63) is 54.1 Å². The van der Waals surface area contributed by atoms with E-state index in [9.17, 15) is 19.2 Å². The summed E-state index contributed by atoms with van der Waals surface area (Å²) in [6.45, 7) is 4.20. The molecule has 3 amide bonds. The summed E-state index contributed by atoms with van der Waals surface area (Å²) in [6, 6.07) is 14.2. The van der Waals surface area contributed by atoms with Crippen LogP contribution in [0.2, 0.25) is 0 Å². The summed E-state index contributed by atoms with van der Waals surface area (Å²) in [4.78, 5) is 54.2. The van der Waals surface area contributed by atoms with Gasteiger partial charge in [0.25, 0.3) is 0 Å². The van der Waals surface area contributed by atoms with Crippen molar-refractivity contribution >= 4 is 35.1 Å². The minimum Gasteiger partial charge on any atom is -0.426 e. The van der Waals surface area contributed by atoms with Gasteiger partial charge in [-0.1, -0.05) is 25.1 Å². The lowest BCUT2D eigenvalue weighted by molar-refractivity contribution is -0.139. The molecule has 2 aliphatic heterocycles. The zero-order chi connectivity index (χ0) is 24.0. The van der Waals surface area contributed by atoms with Crippen molar-refractivity contribution in [1.29, 1.82) is 0 Å². The summed E-state index contributed by atoms with van der Waals surface area (Å²) < 4.78 is 5.59. The summed E-state index contributed by atoms with van der Waals surface area (Å²) in [5, 5.41) is 0. The van der Waals surface area contributed by atoms with Gasteiger partial charge in [0.1, 0.15) is 5.75 Å². The Morgan fingerprint density at radius 3 is 2.44 bits per heavy atom.